The predicted molar refractivity (Wildman–Crippen MR) is 116 cm³/mol. The van der Waals surface area contributed by atoms with Gasteiger partial charge in [0.1, 0.15) is 11.6 Å². The van der Waals surface area contributed by atoms with Crippen molar-refractivity contribution in [1.29, 1.82) is 0 Å². The quantitative estimate of drug-likeness (QED) is 0.493. The van der Waals surface area contributed by atoms with E-state index in [0.29, 0.717) is 40.3 Å². The third kappa shape index (κ3) is 4.08. The molecule has 2 aromatic heterocycles. The van der Waals surface area contributed by atoms with Crippen molar-refractivity contribution in [2.24, 2.45) is 0 Å². The summed E-state index contributed by atoms with van der Waals surface area (Å²) in [5.74, 6) is 0.728. The van der Waals surface area contributed by atoms with Crippen molar-refractivity contribution in [3.63, 3.8) is 0 Å². The minimum Gasteiger partial charge on any atom is -0.330 e. The first-order valence-corrected chi connectivity index (χ1v) is 9.89. The summed E-state index contributed by atoms with van der Waals surface area (Å²) in [6.45, 7) is 6.69. The monoisotopic (exact) mass is 402 g/mol. The zero-order valence-corrected chi connectivity index (χ0v) is 17.2. The van der Waals surface area contributed by atoms with Gasteiger partial charge >= 0.3 is 0 Å². The lowest BCUT2D eigenvalue weighted by molar-refractivity contribution is 0.102. The predicted octanol–water partition coefficient (Wildman–Crippen LogP) is 5.30. The molecule has 0 atom stereocenters. The van der Waals surface area contributed by atoms with Gasteiger partial charge in [-0.25, -0.2) is 9.37 Å². The first kappa shape index (κ1) is 19.8. The van der Waals surface area contributed by atoms with E-state index in [1.807, 2.05) is 30.5 Å². The molecule has 0 aliphatic heterocycles. The van der Waals surface area contributed by atoms with Gasteiger partial charge in [0.05, 0.1) is 11.1 Å². The summed E-state index contributed by atoms with van der Waals surface area (Å²) >= 11 is 0. The molecule has 1 amide bonds. The number of nitrogens with one attached hydrogen (secondary N) is 1. The lowest BCUT2D eigenvalue weighted by Crippen LogP contribution is -2.13. The van der Waals surface area contributed by atoms with Crippen LogP contribution in [0.2, 0.25) is 0 Å². The molecule has 0 radical (unpaired) electrons. The minimum absolute atomic E-state index is 0.250. The Labute approximate surface area is 174 Å². The highest BCUT2D eigenvalue weighted by Gasteiger charge is 2.14. The Morgan fingerprint density at radius 3 is 2.80 bits per heavy atom. The second kappa shape index (κ2) is 8.06. The van der Waals surface area contributed by atoms with Gasteiger partial charge in [-0.05, 0) is 42.8 Å². The van der Waals surface area contributed by atoms with Crippen LogP contribution in [0, 0.1) is 12.7 Å². The molecule has 2 heterocycles. The second-order valence-corrected chi connectivity index (χ2v) is 7.70. The molecular formula is C24H23FN4O. The van der Waals surface area contributed by atoms with E-state index in [0.717, 1.165) is 11.4 Å². The summed E-state index contributed by atoms with van der Waals surface area (Å²) in [4.78, 5) is 21.8. The Kier molecular flexibility index (Phi) is 5.31. The molecule has 0 bridgehead atoms. The highest BCUT2D eigenvalue weighted by atomic mass is 19.1. The van der Waals surface area contributed by atoms with E-state index in [-0.39, 0.29) is 11.7 Å². The molecule has 152 valence electrons. The number of rotatable bonds is 5. The third-order valence-corrected chi connectivity index (χ3v) is 4.95. The number of aryl methyl sites for hydroxylation is 1. The number of halogens is 1. The van der Waals surface area contributed by atoms with Gasteiger partial charge in [0.25, 0.3) is 5.91 Å². The van der Waals surface area contributed by atoms with Gasteiger partial charge in [0.15, 0.2) is 0 Å². The summed E-state index contributed by atoms with van der Waals surface area (Å²) in [6, 6.07) is 13.8. The number of hydrogen-bond donors (Lipinski definition) is 1. The highest BCUT2D eigenvalue weighted by molar-refractivity contribution is 6.12. The van der Waals surface area contributed by atoms with E-state index >= 15 is 0 Å². The van der Waals surface area contributed by atoms with Crippen molar-refractivity contribution < 1.29 is 9.18 Å². The van der Waals surface area contributed by atoms with Crippen LogP contribution in [0.25, 0.3) is 10.9 Å². The number of carbonyl (C=O) groups excluding carboxylic acids is 1. The lowest BCUT2D eigenvalue weighted by atomic mass is 10.1. The Morgan fingerprint density at radius 2 is 2.00 bits per heavy atom. The largest absolute Gasteiger partial charge is 0.330 e. The van der Waals surface area contributed by atoms with Crippen molar-refractivity contribution in [1.82, 2.24) is 14.5 Å². The van der Waals surface area contributed by atoms with Gasteiger partial charge in [-0.1, -0.05) is 26.0 Å². The van der Waals surface area contributed by atoms with E-state index in [1.165, 1.54) is 12.1 Å². The number of carbonyl (C=O) groups is 1. The molecule has 0 saturated carbocycles. The number of fused-ring (bicyclic) bond motifs is 1. The number of anilines is 1. The van der Waals surface area contributed by atoms with Gasteiger partial charge in [0.2, 0.25) is 0 Å². The zero-order valence-electron chi connectivity index (χ0n) is 17.2. The number of aromatic nitrogens is 3. The van der Waals surface area contributed by atoms with Crippen LogP contribution in [0.3, 0.4) is 0 Å². The van der Waals surface area contributed by atoms with Crippen LogP contribution < -0.4 is 5.32 Å². The third-order valence-electron chi connectivity index (χ3n) is 4.95. The molecule has 1 N–H and O–H groups in total. The minimum atomic E-state index is -0.375. The maximum atomic E-state index is 13.6. The Balaban J connectivity index is 1.59. The summed E-state index contributed by atoms with van der Waals surface area (Å²) < 4.78 is 15.7. The van der Waals surface area contributed by atoms with Crippen molar-refractivity contribution in [3.05, 3.63) is 89.4 Å². The number of hydrogen-bond acceptors (Lipinski definition) is 3. The summed E-state index contributed by atoms with van der Waals surface area (Å²) in [6.07, 6.45) is 3.77. The number of nitrogens with zero attached hydrogens (tertiary/aromatic N) is 3. The number of pyridine rings is 1. The molecule has 4 aromatic rings. The Morgan fingerprint density at radius 1 is 1.17 bits per heavy atom. The number of amides is 1. The van der Waals surface area contributed by atoms with E-state index in [4.69, 9.17) is 0 Å². The van der Waals surface area contributed by atoms with Gasteiger partial charge in [0, 0.05) is 47.7 Å². The molecule has 0 spiro atoms. The lowest BCUT2D eigenvalue weighted by Gasteiger charge is -2.12. The fourth-order valence-electron chi connectivity index (χ4n) is 3.62. The van der Waals surface area contributed by atoms with Crippen LogP contribution in [0.1, 0.15) is 47.2 Å². The maximum Gasteiger partial charge on any atom is 0.256 e. The van der Waals surface area contributed by atoms with Crippen LogP contribution in [0.5, 0.6) is 0 Å². The van der Waals surface area contributed by atoms with Crippen molar-refractivity contribution in [3.8, 4) is 0 Å². The fourth-order valence-corrected chi connectivity index (χ4v) is 3.62. The molecule has 0 fully saturated rings. The van der Waals surface area contributed by atoms with Crippen molar-refractivity contribution >= 4 is 22.5 Å². The Hall–Kier alpha value is -3.54. The molecule has 0 saturated heterocycles. The molecule has 0 aliphatic rings. The van der Waals surface area contributed by atoms with Crippen LogP contribution in [0.15, 0.2) is 60.9 Å². The maximum absolute atomic E-state index is 13.6. The molecule has 0 unspecified atom stereocenters. The summed E-state index contributed by atoms with van der Waals surface area (Å²) in [7, 11) is 0. The molecular weight excluding hydrogens is 379 g/mol. The van der Waals surface area contributed by atoms with Gasteiger partial charge < -0.3 is 9.88 Å². The molecule has 0 aliphatic carbocycles. The fraction of sp³-hybridized carbons (Fsp3) is 0.208. The smallest absolute Gasteiger partial charge is 0.256 e. The molecule has 5 nitrogen and oxygen atoms in total. The van der Waals surface area contributed by atoms with Crippen LogP contribution >= 0.6 is 0 Å². The highest BCUT2D eigenvalue weighted by Crippen LogP contribution is 2.22. The topological polar surface area (TPSA) is 59.8 Å². The zero-order chi connectivity index (χ0) is 21.3. The summed E-state index contributed by atoms with van der Waals surface area (Å²) in [5.41, 5.74) is 3.36. The molecule has 6 heteroatoms. The van der Waals surface area contributed by atoms with Gasteiger partial charge in [-0.2, -0.15) is 0 Å². The average molecular weight is 402 g/mol. The average Bonchev–Trinajstić information content (AvgIpc) is 3.15. The van der Waals surface area contributed by atoms with Crippen LogP contribution in [-0.4, -0.2) is 20.4 Å². The normalized spacial score (nSPS) is 11.2. The molecule has 4 rings (SSSR count). The van der Waals surface area contributed by atoms with E-state index in [1.54, 1.807) is 25.3 Å². The second-order valence-electron chi connectivity index (χ2n) is 7.70. The van der Waals surface area contributed by atoms with Crippen LogP contribution in [-0.2, 0) is 6.54 Å². The summed E-state index contributed by atoms with van der Waals surface area (Å²) in [5, 5.41) is 3.59. The van der Waals surface area contributed by atoms with Gasteiger partial charge in [-0.3, -0.25) is 9.78 Å². The first-order chi connectivity index (χ1) is 14.4. The standard InChI is InChI=1S/C24H23FN4O/c1-15(2)23-26-9-10-29(23)14-17-5-4-6-19(12-17)28-24(30)21-11-16(3)27-22-13-18(25)7-8-20(21)22/h4-13,15H,14H2,1-3H3,(H,28,30). The first-order valence-electron chi connectivity index (χ1n) is 9.89. The SMILES string of the molecule is Cc1cc(C(=O)Nc2cccc(Cn3ccnc3C(C)C)c2)c2ccc(F)cc2n1. The molecule has 2 aromatic carbocycles. The molecule has 30 heavy (non-hydrogen) atoms. The van der Waals surface area contributed by atoms with Gasteiger partial charge in [-0.15, -0.1) is 0 Å². The van der Waals surface area contributed by atoms with E-state index in [2.05, 4.69) is 33.7 Å². The van der Waals surface area contributed by atoms with Crippen molar-refractivity contribution in [2.75, 3.05) is 5.32 Å². The number of imidazole rings is 1. The van der Waals surface area contributed by atoms with Crippen molar-refractivity contribution in [2.45, 2.75) is 33.2 Å². The number of benzene rings is 2. The van der Waals surface area contributed by atoms with E-state index in [9.17, 15) is 9.18 Å². The van der Waals surface area contributed by atoms with E-state index < -0.39 is 0 Å². The Bertz CT molecular complexity index is 1220. The van der Waals surface area contributed by atoms with Crippen LogP contribution in [0.4, 0.5) is 10.1 Å².